The summed E-state index contributed by atoms with van der Waals surface area (Å²) in [6, 6.07) is 13.5. The monoisotopic (exact) mass is 310 g/mol. The van der Waals surface area contributed by atoms with Crippen LogP contribution in [0.15, 0.2) is 53.1 Å². The van der Waals surface area contributed by atoms with Gasteiger partial charge in [0.2, 0.25) is 0 Å². The van der Waals surface area contributed by atoms with Crippen molar-refractivity contribution in [3.63, 3.8) is 0 Å². The molecule has 0 radical (unpaired) electrons. The van der Waals surface area contributed by atoms with E-state index in [2.05, 4.69) is 4.74 Å². The van der Waals surface area contributed by atoms with Gasteiger partial charge in [0.05, 0.1) is 14.2 Å². The first-order chi connectivity index (χ1) is 11.2. The molecule has 0 saturated heterocycles. The Morgan fingerprint density at radius 3 is 2.30 bits per heavy atom. The Labute approximate surface area is 132 Å². The first-order valence-corrected chi connectivity index (χ1v) is 6.93. The van der Waals surface area contributed by atoms with Gasteiger partial charge in [-0.1, -0.05) is 36.4 Å². The second-order valence-corrected chi connectivity index (χ2v) is 4.90. The molecule has 5 heteroatoms. The molecule has 1 aromatic heterocycles. The molecule has 3 aromatic rings. The van der Waals surface area contributed by atoms with Crippen LogP contribution in [-0.2, 0) is 9.47 Å². The number of esters is 2. The Bertz CT molecular complexity index is 891. The molecule has 3 rings (SSSR count). The zero-order chi connectivity index (χ0) is 16.4. The Kier molecular flexibility index (Phi) is 3.85. The minimum atomic E-state index is -0.652. The van der Waals surface area contributed by atoms with Gasteiger partial charge < -0.3 is 13.9 Å². The van der Waals surface area contributed by atoms with E-state index in [0.29, 0.717) is 5.56 Å². The van der Waals surface area contributed by atoms with Gasteiger partial charge in [-0.05, 0) is 16.8 Å². The van der Waals surface area contributed by atoms with E-state index in [1.165, 1.54) is 20.5 Å². The molecule has 0 aliphatic carbocycles. The molecule has 5 nitrogen and oxygen atoms in total. The van der Waals surface area contributed by atoms with Gasteiger partial charge in [-0.3, -0.25) is 0 Å². The van der Waals surface area contributed by atoms with Crippen LogP contribution in [0.2, 0.25) is 0 Å². The average molecular weight is 310 g/mol. The largest absolute Gasteiger partial charge is 0.465 e. The van der Waals surface area contributed by atoms with Crippen LogP contribution in [0.3, 0.4) is 0 Å². The molecule has 1 heterocycles. The van der Waals surface area contributed by atoms with Gasteiger partial charge in [0, 0.05) is 5.56 Å². The number of carbonyl (C=O) groups is 2. The molecule has 0 aliphatic heterocycles. The van der Waals surface area contributed by atoms with Crippen molar-refractivity contribution in [2.75, 3.05) is 14.2 Å². The van der Waals surface area contributed by atoms with Crippen LogP contribution in [-0.4, -0.2) is 26.2 Å². The number of furan rings is 1. The summed E-state index contributed by atoms with van der Waals surface area (Å²) in [5.41, 5.74) is 0.788. The van der Waals surface area contributed by atoms with Crippen LogP contribution in [0.1, 0.15) is 20.7 Å². The smallest absolute Gasteiger partial charge is 0.342 e. The summed E-state index contributed by atoms with van der Waals surface area (Å²) in [6.07, 6.45) is 1.21. The molecule has 0 fully saturated rings. The molecule has 2 aromatic carbocycles. The minimum Gasteiger partial charge on any atom is -0.465 e. The predicted octanol–water partition coefficient (Wildman–Crippen LogP) is 3.67. The van der Waals surface area contributed by atoms with E-state index < -0.39 is 11.9 Å². The number of hydrogen-bond donors (Lipinski definition) is 0. The predicted molar refractivity (Wildman–Crippen MR) is 84.3 cm³/mol. The standard InChI is InChI=1S/C18H14O5/c1-21-17(19)14-10-23-16(15(14)18(20)22-2)13-8-7-11-5-3-4-6-12(11)9-13/h3-10H,1-2H3. The molecule has 23 heavy (non-hydrogen) atoms. The van der Waals surface area contributed by atoms with E-state index in [1.54, 1.807) is 0 Å². The lowest BCUT2D eigenvalue weighted by atomic mass is 10.0. The summed E-state index contributed by atoms with van der Waals surface area (Å²) in [5, 5.41) is 2.06. The zero-order valence-corrected chi connectivity index (χ0v) is 12.7. The molecule has 0 N–H and O–H groups in total. The lowest BCUT2D eigenvalue weighted by Gasteiger charge is -2.05. The fraction of sp³-hybridized carbons (Fsp3) is 0.111. The second-order valence-electron chi connectivity index (χ2n) is 4.90. The fourth-order valence-electron chi connectivity index (χ4n) is 2.47. The van der Waals surface area contributed by atoms with Crippen molar-refractivity contribution in [1.82, 2.24) is 0 Å². The molecule has 0 spiro atoms. The van der Waals surface area contributed by atoms with Crippen molar-refractivity contribution < 1.29 is 23.5 Å². The maximum absolute atomic E-state index is 12.1. The van der Waals surface area contributed by atoms with Gasteiger partial charge in [-0.15, -0.1) is 0 Å². The third kappa shape index (κ3) is 2.57. The van der Waals surface area contributed by atoms with Crippen LogP contribution in [0, 0.1) is 0 Å². The number of benzene rings is 2. The molecule has 0 bridgehead atoms. The Hall–Kier alpha value is -3.08. The summed E-state index contributed by atoms with van der Waals surface area (Å²) >= 11 is 0. The number of carbonyl (C=O) groups excluding carboxylic acids is 2. The van der Waals surface area contributed by atoms with Crippen molar-refractivity contribution in [2.45, 2.75) is 0 Å². The first-order valence-electron chi connectivity index (χ1n) is 6.93. The van der Waals surface area contributed by atoms with Crippen LogP contribution >= 0.6 is 0 Å². The number of fused-ring (bicyclic) bond motifs is 1. The van der Waals surface area contributed by atoms with E-state index in [9.17, 15) is 9.59 Å². The maximum atomic E-state index is 12.1. The highest BCUT2D eigenvalue weighted by Crippen LogP contribution is 2.31. The second kappa shape index (κ2) is 5.96. The molecule has 0 unspecified atom stereocenters. The van der Waals surface area contributed by atoms with Crippen molar-refractivity contribution in [2.24, 2.45) is 0 Å². The lowest BCUT2D eigenvalue weighted by molar-refractivity contribution is 0.0557. The molecule has 0 amide bonds. The van der Waals surface area contributed by atoms with Crippen molar-refractivity contribution in [3.05, 3.63) is 59.9 Å². The summed E-state index contributed by atoms with van der Waals surface area (Å²) in [4.78, 5) is 23.9. The molecule has 0 atom stereocenters. The highest BCUT2D eigenvalue weighted by molar-refractivity contribution is 6.07. The highest BCUT2D eigenvalue weighted by atomic mass is 16.5. The number of hydrogen-bond acceptors (Lipinski definition) is 5. The van der Waals surface area contributed by atoms with E-state index in [4.69, 9.17) is 9.15 Å². The molecular formula is C18H14O5. The van der Waals surface area contributed by atoms with Crippen molar-refractivity contribution in [3.8, 4) is 11.3 Å². The van der Waals surface area contributed by atoms with Gasteiger partial charge in [-0.2, -0.15) is 0 Å². The summed E-state index contributed by atoms with van der Waals surface area (Å²) in [5.74, 6) is -1.02. The van der Waals surface area contributed by atoms with Crippen LogP contribution in [0.4, 0.5) is 0 Å². The van der Waals surface area contributed by atoms with E-state index in [-0.39, 0.29) is 16.9 Å². The third-order valence-electron chi connectivity index (χ3n) is 3.60. The average Bonchev–Trinajstić information content (AvgIpc) is 3.05. The molecule has 0 saturated carbocycles. The molecular weight excluding hydrogens is 296 g/mol. The summed E-state index contributed by atoms with van der Waals surface area (Å²) < 4.78 is 14.9. The highest BCUT2D eigenvalue weighted by Gasteiger charge is 2.27. The third-order valence-corrected chi connectivity index (χ3v) is 3.60. The van der Waals surface area contributed by atoms with Crippen molar-refractivity contribution >= 4 is 22.7 Å². The Balaban J connectivity index is 2.19. The van der Waals surface area contributed by atoms with Crippen LogP contribution in [0.25, 0.3) is 22.1 Å². The molecule has 0 aliphatic rings. The normalized spacial score (nSPS) is 10.5. The van der Waals surface area contributed by atoms with Crippen LogP contribution < -0.4 is 0 Å². The first kappa shape index (κ1) is 14.8. The maximum Gasteiger partial charge on any atom is 0.342 e. The van der Waals surface area contributed by atoms with Gasteiger partial charge >= 0.3 is 11.9 Å². The summed E-state index contributed by atoms with van der Waals surface area (Å²) in [6.45, 7) is 0. The van der Waals surface area contributed by atoms with Gasteiger partial charge in [0.1, 0.15) is 23.2 Å². The zero-order valence-electron chi connectivity index (χ0n) is 12.7. The quantitative estimate of drug-likeness (QED) is 0.690. The SMILES string of the molecule is COC(=O)c1coc(-c2ccc3ccccc3c2)c1C(=O)OC. The number of rotatable bonds is 3. The Morgan fingerprint density at radius 2 is 1.61 bits per heavy atom. The molecule has 116 valence electrons. The van der Waals surface area contributed by atoms with Gasteiger partial charge in [0.15, 0.2) is 0 Å². The Morgan fingerprint density at radius 1 is 0.913 bits per heavy atom. The van der Waals surface area contributed by atoms with E-state index >= 15 is 0 Å². The number of ether oxygens (including phenoxy) is 2. The number of methoxy groups -OCH3 is 2. The lowest BCUT2D eigenvalue weighted by Crippen LogP contribution is -2.10. The van der Waals surface area contributed by atoms with E-state index in [0.717, 1.165) is 10.8 Å². The summed E-state index contributed by atoms with van der Waals surface area (Å²) in [7, 11) is 2.49. The van der Waals surface area contributed by atoms with Gasteiger partial charge in [-0.25, -0.2) is 9.59 Å². The van der Waals surface area contributed by atoms with E-state index in [1.807, 2.05) is 42.5 Å². The minimum absolute atomic E-state index is 0.0440. The van der Waals surface area contributed by atoms with Crippen LogP contribution in [0.5, 0.6) is 0 Å². The van der Waals surface area contributed by atoms with Gasteiger partial charge in [0.25, 0.3) is 0 Å². The van der Waals surface area contributed by atoms with Crippen molar-refractivity contribution in [1.29, 1.82) is 0 Å². The topological polar surface area (TPSA) is 65.7 Å². The fourth-order valence-corrected chi connectivity index (χ4v) is 2.47.